The van der Waals surface area contributed by atoms with Crippen molar-refractivity contribution in [2.45, 2.75) is 19.9 Å². The smallest absolute Gasteiger partial charge is 0.251 e. The number of nitrogens with zero attached hydrogens (tertiary/aromatic N) is 2. The number of carbonyl (C=O) groups excluding carboxylic acids is 1. The van der Waals surface area contributed by atoms with E-state index in [1.165, 1.54) is 12.1 Å². The molecule has 1 aromatic heterocycles. The predicted molar refractivity (Wildman–Crippen MR) is 120 cm³/mol. The summed E-state index contributed by atoms with van der Waals surface area (Å²) in [5.74, 6) is -0.613. The van der Waals surface area contributed by atoms with Gasteiger partial charge in [0.2, 0.25) is 0 Å². The summed E-state index contributed by atoms with van der Waals surface area (Å²) in [6.07, 6.45) is 7.78. The molecule has 3 aromatic rings. The van der Waals surface area contributed by atoms with Crippen molar-refractivity contribution >= 4 is 12.1 Å². The molecule has 3 rings (SSSR count). The molecular formula is C25H23F2N3O2. The van der Waals surface area contributed by atoms with Crippen LogP contribution in [0.15, 0.2) is 71.9 Å². The molecule has 1 heterocycles. The average molecular weight is 435 g/mol. The fraction of sp³-hybridized carbons (Fsp3) is 0.160. The van der Waals surface area contributed by atoms with E-state index < -0.39 is 11.6 Å². The van der Waals surface area contributed by atoms with Crippen LogP contribution in [0.25, 0.3) is 0 Å². The van der Waals surface area contributed by atoms with Gasteiger partial charge in [0.25, 0.3) is 5.91 Å². The Balaban J connectivity index is 1.70. The maximum Gasteiger partial charge on any atom is 0.251 e. The van der Waals surface area contributed by atoms with Crippen LogP contribution in [0.3, 0.4) is 0 Å². The number of nitrogens with one attached hydrogen (secondary N) is 1. The van der Waals surface area contributed by atoms with Crippen LogP contribution < -0.4 is 10.1 Å². The van der Waals surface area contributed by atoms with Gasteiger partial charge in [-0.2, -0.15) is 0 Å². The second kappa shape index (κ2) is 10.9. The van der Waals surface area contributed by atoms with E-state index in [1.54, 1.807) is 50.6 Å². The molecule has 2 aromatic carbocycles. The van der Waals surface area contributed by atoms with Crippen molar-refractivity contribution in [3.63, 3.8) is 0 Å². The Morgan fingerprint density at radius 1 is 1.16 bits per heavy atom. The van der Waals surface area contributed by atoms with Crippen molar-refractivity contribution in [2.24, 2.45) is 4.99 Å². The second-order valence-corrected chi connectivity index (χ2v) is 7.01. The third kappa shape index (κ3) is 6.31. The first-order chi connectivity index (χ1) is 15.5. The van der Waals surface area contributed by atoms with E-state index in [2.05, 4.69) is 15.3 Å². The van der Waals surface area contributed by atoms with Crippen LogP contribution in [0.5, 0.6) is 11.5 Å². The van der Waals surface area contributed by atoms with E-state index in [1.807, 2.05) is 18.2 Å². The molecule has 5 nitrogen and oxygen atoms in total. The minimum atomic E-state index is -0.688. The van der Waals surface area contributed by atoms with E-state index in [-0.39, 0.29) is 12.5 Å². The van der Waals surface area contributed by atoms with Crippen LogP contribution in [0.1, 0.15) is 27.2 Å². The summed E-state index contributed by atoms with van der Waals surface area (Å²) in [6, 6.07) is 11.9. The third-order valence-electron chi connectivity index (χ3n) is 4.62. The summed E-state index contributed by atoms with van der Waals surface area (Å²) >= 11 is 0. The number of halogens is 2. The minimum Gasteiger partial charge on any atom is -0.457 e. The van der Waals surface area contributed by atoms with Gasteiger partial charge in [-0.3, -0.25) is 14.8 Å². The normalized spacial score (nSPS) is 11.2. The van der Waals surface area contributed by atoms with E-state index in [4.69, 9.17) is 4.74 Å². The monoisotopic (exact) mass is 435 g/mol. The van der Waals surface area contributed by atoms with Gasteiger partial charge in [0.15, 0.2) is 0 Å². The predicted octanol–water partition coefficient (Wildman–Crippen LogP) is 5.19. The zero-order valence-corrected chi connectivity index (χ0v) is 17.8. The van der Waals surface area contributed by atoms with Gasteiger partial charge >= 0.3 is 0 Å². The van der Waals surface area contributed by atoms with Crippen LogP contribution in [-0.2, 0) is 13.0 Å². The van der Waals surface area contributed by atoms with Gasteiger partial charge in [-0.15, -0.1) is 0 Å². The molecule has 0 bridgehead atoms. The van der Waals surface area contributed by atoms with Crippen LogP contribution in [0, 0.1) is 18.6 Å². The number of ether oxygens (including phenoxy) is 1. The average Bonchev–Trinajstić information content (AvgIpc) is 2.76. The van der Waals surface area contributed by atoms with Gasteiger partial charge in [0.1, 0.15) is 23.1 Å². The van der Waals surface area contributed by atoms with Crippen molar-refractivity contribution in [2.75, 3.05) is 7.05 Å². The highest BCUT2D eigenvalue weighted by atomic mass is 19.1. The molecule has 0 saturated heterocycles. The number of carbonyl (C=O) groups is 1. The largest absolute Gasteiger partial charge is 0.457 e. The summed E-state index contributed by atoms with van der Waals surface area (Å²) in [7, 11) is 1.70. The van der Waals surface area contributed by atoms with Gasteiger partial charge in [-0.05, 0) is 48.9 Å². The highest BCUT2D eigenvalue weighted by Crippen LogP contribution is 2.27. The van der Waals surface area contributed by atoms with Crippen LogP contribution in [-0.4, -0.2) is 24.2 Å². The van der Waals surface area contributed by atoms with Gasteiger partial charge < -0.3 is 10.1 Å². The van der Waals surface area contributed by atoms with E-state index in [9.17, 15) is 13.6 Å². The van der Waals surface area contributed by atoms with Crippen LogP contribution in [0.2, 0.25) is 0 Å². The standard InChI is InChI=1S/C25H23F2N3O2/c1-17-23(25(31)30-16-18-12-19(26)14-20(27)13-18)7-5-8-24(17)32-22-9-11-29-21(15-22)6-3-4-10-28-2/h3-5,7-15H,6,16H2,1-2H3,(H,30,31)/b4-3-,28-10?. The third-order valence-corrected chi connectivity index (χ3v) is 4.62. The van der Waals surface area contributed by atoms with E-state index in [0.717, 1.165) is 11.8 Å². The number of hydrogen-bond donors (Lipinski definition) is 1. The number of rotatable bonds is 8. The van der Waals surface area contributed by atoms with Crippen molar-refractivity contribution in [3.8, 4) is 11.5 Å². The van der Waals surface area contributed by atoms with E-state index in [0.29, 0.717) is 34.6 Å². The van der Waals surface area contributed by atoms with E-state index >= 15 is 0 Å². The summed E-state index contributed by atoms with van der Waals surface area (Å²) in [4.78, 5) is 20.9. The van der Waals surface area contributed by atoms with Crippen LogP contribution >= 0.6 is 0 Å². The molecule has 0 aliphatic carbocycles. The molecule has 0 aliphatic rings. The number of allylic oxidation sites excluding steroid dienone is 2. The number of benzene rings is 2. The molecule has 0 spiro atoms. The molecule has 0 saturated carbocycles. The van der Waals surface area contributed by atoms with Gasteiger partial charge in [0.05, 0.1) is 0 Å². The van der Waals surface area contributed by atoms with Crippen LogP contribution in [0.4, 0.5) is 8.78 Å². The van der Waals surface area contributed by atoms with Crippen molar-refractivity contribution < 1.29 is 18.3 Å². The lowest BCUT2D eigenvalue weighted by Crippen LogP contribution is -2.23. The Kier molecular flexibility index (Phi) is 7.80. The fourth-order valence-electron chi connectivity index (χ4n) is 3.06. The molecule has 0 aliphatic heterocycles. The SMILES string of the molecule is CN=C/C=C\Cc1cc(Oc2cccc(C(=O)NCc3cc(F)cc(F)c3)c2C)ccn1. The molecule has 1 N–H and O–H groups in total. The number of pyridine rings is 1. The van der Waals surface area contributed by atoms with Crippen molar-refractivity contribution in [1.82, 2.24) is 10.3 Å². The number of amides is 1. The Labute approximate surface area is 185 Å². The number of aliphatic imine (C=N–C) groups is 1. The highest BCUT2D eigenvalue weighted by Gasteiger charge is 2.13. The molecule has 0 radical (unpaired) electrons. The maximum atomic E-state index is 13.3. The fourth-order valence-corrected chi connectivity index (χ4v) is 3.06. The van der Waals surface area contributed by atoms with Gasteiger partial charge in [-0.1, -0.05) is 12.1 Å². The first-order valence-electron chi connectivity index (χ1n) is 9.99. The van der Waals surface area contributed by atoms with Crippen molar-refractivity contribution in [3.05, 3.63) is 101 Å². The van der Waals surface area contributed by atoms with Gasteiger partial charge in [-0.25, -0.2) is 8.78 Å². The molecular weight excluding hydrogens is 412 g/mol. The molecule has 0 atom stereocenters. The Bertz CT molecular complexity index is 1140. The first kappa shape index (κ1) is 22.8. The Morgan fingerprint density at radius 3 is 2.69 bits per heavy atom. The zero-order chi connectivity index (χ0) is 22.9. The molecule has 7 heteroatoms. The lowest BCUT2D eigenvalue weighted by atomic mass is 10.1. The minimum absolute atomic E-state index is 0.00199. The summed E-state index contributed by atoms with van der Waals surface area (Å²) in [5.41, 5.74) is 2.23. The lowest BCUT2D eigenvalue weighted by molar-refractivity contribution is 0.0950. The maximum absolute atomic E-state index is 13.3. The number of hydrogen-bond acceptors (Lipinski definition) is 4. The zero-order valence-electron chi connectivity index (χ0n) is 17.8. The molecule has 0 fully saturated rings. The highest BCUT2D eigenvalue weighted by molar-refractivity contribution is 5.96. The molecule has 1 amide bonds. The summed E-state index contributed by atoms with van der Waals surface area (Å²) in [5, 5.41) is 2.69. The lowest BCUT2D eigenvalue weighted by Gasteiger charge is -2.13. The topological polar surface area (TPSA) is 63.6 Å². The second-order valence-electron chi connectivity index (χ2n) is 7.01. The van der Waals surface area contributed by atoms with Gasteiger partial charge in [0, 0.05) is 61.4 Å². The Morgan fingerprint density at radius 2 is 1.94 bits per heavy atom. The first-order valence-corrected chi connectivity index (χ1v) is 9.99. The summed E-state index contributed by atoms with van der Waals surface area (Å²) in [6.45, 7) is 1.78. The quantitative estimate of drug-likeness (QED) is 0.495. The number of aromatic nitrogens is 1. The molecule has 32 heavy (non-hydrogen) atoms. The summed E-state index contributed by atoms with van der Waals surface area (Å²) < 4.78 is 32.7. The molecule has 164 valence electrons. The van der Waals surface area contributed by atoms with Crippen molar-refractivity contribution in [1.29, 1.82) is 0 Å². The molecule has 0 unspecified atom stereocenters. The Hall–Kier alpha value is -3.87.